The van der Waals surface area contributed by atoms with Crippen LogP contribution in [0.1, 0.15) is 32.6 Å². The molecule has 0 aliphatic carbocycles. The summed E-state index contributed by atoms with van der Waals surface area (Å²) in [7, 11) is 0. The van der Waals surface area contributed by atoms with Gasteiger partial charge in [0.25, 0.3) is 0 Å². The molecule has 0 radical (unpaired) electrons. The number of hydrogen-bond donors (Lipinski definition) is 1. The van der Waals surface area contributed by atoms with Gasteiger partial charge in [-0.15, -0.1) is 0 Å². The van der Waals surface area contributed by atoms with Gasteiger partial charge >= 0.3 is 0 Å². The second kappa shape index (κ2) is 5.48. The van der Waals surface area contributed by atoms with E-state index in [9.17, 15) is 0 Å². The summed E-state index contributed by atoms with van der Waals surface area (Å²) in [5.74, 6) is 0. The van der Waals surface area contributed by atoms with Crippen molar-refractivity contribution in [3.63, 3.8) is 0 Å². The SMILES string of the molecule is CC/C=C(\C=N)N1CCN2CCCCC2C1. The third kappa shape index (κ3) is 2.46. The van der Waals surface area contributed by atoms with Crippen LogP contribution in [0.25, 0.3) is 0 Å². The predicted octanol–water partition coefficient (Wildman–Crippen LogP) is 2.10. The second-order valence-corrected chi connectivity index (χ2v) is 4.81. The zero-order valence-corrected chi connectivity index (χ0v) is 10.3. The molecule has 16 heavy (non-hydrogen) atoms. The first kappa shape index (κ1) is 11.6. The van der Waals surface area contributed by atoms with Crippen molar-refractivity contribution >= 4 is 6.21 Å². The molecule has 3 nitrogen and oxygen atoms in total. The Morgan fingerprint density at radius 2 is 2.19 bits per heavy atom. The summed E-state index contributed by atoms with van der Waals surface area (Å²) in [6.07, 6.45) is 8.81. The van der Waals surface area contributed by atoms with Gasteiger partial charge in [0.15, 0.2) is 0 Å². The van der Waals surface area contributed by atoms with Gasteiger partial charge in [-0.3, -0.25) is 4.90 Å². The Morgan fingerprint density at radius 1 is 1.31 bits per heavy atom. The van der Waals surface area contributed by atoms with Crippen molar-refractivity contribution in [2.24, 2.45) is 0 Å². The summed E-state index contributed by atoms with van der Waals surface area (Å²) >= 11 is 0. The van der Waals surface area contributed by atoms with Gasteiger partial charge in [-0.1, -0.05) is 19.4 Å². The fourth-order valence-electron chi connectivity index (χ4n) is 2.88. The van der Waals surface area contributed by atoms with Gasteiger partial charge in [0.05, 0.1) is 5.70 Å². The van der Waals surface area contributed by atoms with Crippen LogP contribution in [0.4, 0.5) is 0 Å². The number of fused-ring (bicyclic) bond motifs is 1. The van der Waals surface area contributed by atoms with Crippen LogP contribution in [-0.2, 0) is 0 Å². The van der Waals surface area contributed by atoms with E-state index in [1.807, 2.05) is 0 Å². The molecular formula is C13H23N3. The fourth-order valence-corrected chi connectivity index (χ4v) is 2.88. The molecule has 0 amide bonds. The Kier molecular flexibility index (Phi) is 3.99. The Balaban J connectivity index is 1.98. The maximum absolute atomic E-state index is 7.48. The lowest BCUT2D eigenvalue weighted by atomic mass is 9.99. The molecule has 3 heteroatoms. The van der Waals surface area contributed by atoms with Crippen molar-refractivity contribution < 1.29 is 0 Å². The summed E-state index contributed by atoms with van der Waals surface area (Å²) in [5, 5.41) is 7.48. The van der Waals surface area contributed by atoms with Crippen LogP contribution in [0.5, 0.6) is 0 Å². The lowest BCUT2D eigenvalue weighted by Gasteiger charge is -2.45. The monoisotopic (exact) mass is 221 g/mol. The minimum absolute atomic E-state index is 0.739. The predicted molar refractivity (Wildman–Crippen MR) is 67.9 cm³/mol. The fraction of sp³-hybridized carbons (Fsp3) is 0.769. The van der Waals surface area contributed by atoms with E-state index in [-0.39, 0.29) is 0 Å². The summed E-state index contributed by atoms with van der Waals surface area (Å²) in [6.45, 7) is 6.83. The third-order valence-corrected chi connectivity index (χ3v) is 3.76. The molecule has 0 aromatic carbocycles. The molecule has 2 fully saturated rings. The van der Waals surface area contributed by atoms with Gasteiger partial charge in [-0.2, -0.15) is 0 Å². The molecule has 1 atom stereocenters. The molecule has 2 saturated heterocycles. The molecule has 0 aromatic rings. The highest BCUT2D eigenvalue weighted by atomic mass is 15.3. The highest BCUT2D eigenvalue weighted by molar-refractivity contribution is 5.74. The Morgan fingerprint density at radius 3 is 2.94 bits per heavy atom. The van der Waals surface area contributed by atoms with Crippen molar-refractivity contribution in [3.05, 3.63) is 11.8 Å². The highest BCUT2D eigenvalue weighted by Gasteiger charge is 2.28. The van der Waals surface area contributed by atoms with Crippen LogP contribution in [0.2, 0.25) is 0 Å². The number of nitrogens with one attached hydrogen (secondary N) is 1. The molecule has 2 heterocycles. The average molecular weight is 221 g/mol. The molecule has 2 aliphatic heterocycles. The summed E-state index contributed by atoms with van der Waals surface area (Å²) in [6, 6.07) is 0.739. The number of hydrogen-bond acceptors (Lipinski definition) is 3. The Labute approximate surface area is 98.6 Å². The average Bonchev–Trinajstić information content (AvgIpc) is 2.35. The van der Waals surface area contributed by atoms with E-state index < -0.39 is 0 Å². The van der Waals surface area contributed by atoms with Gasteiger partial charge < -0.3 is 10.3 Å². The Hall–Kier alpha value is -0.830. The molecule has 90 valence electrons. The number of rotatable bonds is 3. The maximum atomic E-state index is 7.48. The van der Waals surface area contributed by atoms with Crippen LogP contribution in [-0.4, -0.2) is 48.2 Å². The smallest absolute Gasteiger partial charge is 0.0505 e. The van der Waals surface area contributed by atoms with E-state index in [2.05, 4.69) is 22.8 Å². The van der Waals surface area contributed by atoms with Crippen molar-refractivity contribution in [2.75, 3.05) is 26.2 Å². The molecule has 2 aliphatic rings. The van der Waals surface area contributed by atoms with E-state index in [0.29, 0.717) is 0 Å². The van der Waals surface area contributed by atoms with Crippen molar-refractivity contribution in [2.45, 2.75) is 38.6 Å². The van der Waals surface area contributed by atoms with E-state index in [1.54, 1.807) is 0 Å². The van der Waals surface area contributed by atoms with Crippen molar-refractivity contribution in [1.82, 2.24) is 9.80 Å². The number of piperazine rings is 1. The number of piperidine rings is 1. The third-order valence-electron chi connectivity index (χ3n) is 3.76. The zero-order valence-electron chi connectivity index (χ0n) is 10.3. The van der Waals surface area contributed by atoms with Gasteiger partial charge in [0, 0.05) is 31.9 Å². The van der Waals surface area contributed by atoms with Gasteiger partial charge in [0.1, 0.15) is 0 Å². The normalized spacial score (nSPS) is 27.7. The summed E-state index contributed by atoms with van der Waals surface area (Å²) in [4.78, 5) is 5.02. The maximum Gasteiger partial charge on any atom is 0.0505 e. The van der Waals surface area contributed by atoms with Gasteiger partial charge in [0.2, 0.25) is 0 Å². The first-order valence-electron chi connectivity index (χ1n) is 6.54. The molecule has 0 saturated carbocycles. The van der Waals surface area contributed by atoms with Crippen LogP contribution < -0.4 is 0 Å². The van der Waals surface area contributed by atoms with Crippen molar-refractivity contribution in [3.8, 4) is 0 Å². The molecule has 1 N–H and O–H groups in total. The zero-order chi connectivity index (χ0) is 11.4. The minimum atomic E-state index is 0.739. The lowest BCUT2D eigenvalue weighted by Crippen LogP contribution is -2.54. The van der Waals surface area contributed by atoms with Crippen LogP contribution in [0.15, 0.2) is 11.8 Å². The van der Waals surface area contributed by atoms with Crippen LogP contribution >= 0.6 is 0 Å². The van der Waals surface area contributed by atoms with E-state index in [0.717, 1.165) is 31.2 Å². The van der Waals surface area contributed by atoms with E-state index in [1.165, 1.54) is 38.6 Å². The Bertz CT molecular complexity index is 272. The largest absolute Gasteiger partial charge is 0.368 e. The summed E-state index contributed by atoms with van der Waals surface area (Å²) < 4.78 is 0. The highest BCUT2D eigenvalue weighted by Crippen LogP contribution is 2.22. The molecular weight excluding hydrogens is 198 g/mol. The molecule has 0 aromatic heterocycles. The first-order valence-corrected chi connectivity index (χ1v) is 6.54. The summed E-state index contributed by atoms with van der Waals surface area (Å²) in [5.41, 5.74) is 1.12. The quantitative estimate of drug-likeness (QED) is 0.740. The van der Waals surface area contributed by atoms with E-state index in [4.69, 9.17) is 5.41 Å². The number of nitrogens with zero attached hydrogens (tertiary/aromatic N) is 2. The number of allylic oxidation sites excluding steroid dienone is 2. The second-order valence-electron chi connectivity index (χ2n) is 4.81. The van der Waals surface area contributed by atoms with E-state index >= 15 is 0 Å². The molecule has 0 spiro atoms. The van der Waals surface area contributed by atoms with Gasteiger partial charge in [-0.05, 0) is 25.8 Å². The standard InChI is InChI=1S/C13H23N3/c1-2-5-12(10-14)16-9-8-15-7-4-3-6-13(15)11-16/h5,10,13-14H,2-4,6-9,11H2,1H3/b12-5+,14-10?. The molecule has 0 bridgehead atoms. The topological polar surface area (TPSA) is 30.3 Å². The molecule has 2 rings (SSSR count). The lowest BCUT2D eigenvalue weighted by molar-refractivity contribution is 0.0686. The minimum Gasteiger partial charge on any atom is -0.368 e. The molecule has 1 unspecified atom stereocenters. The first-order chi connectivity index (χ1) is 7.85. The van der Waals surface area contributed by atoms with Crippen LogP contribution in [0.3, 0.4) is 0 Å². The van der Waals surface area contributed by atoms with Crippen molar-refractivity contribution in [1.29, 1.82) is 5.41 Å². The van der Waals surface area contributed by atoms with Gasteiger partial charge in [-0.25, -0.2) is 0 Å². The van der Waals surface area contributed by atoms with Crippen LogP contribution in [0, 0.1) is 5.41 Å².